The van der Waals surface area contributed by atoms with Gasteiger partial charge >= 0.3 is 0 Å². The molecule has 2 aliphatic rings. The molecule has 1 unspecified atom stereocenters. The second-order valence-corrected chi connectivity index (χ2v) is 8.78. The normalized spacial score (nSPS) is 24.4. The Labute approximate surface area is 129 Å². The number of carbonyl (C=O) groups excluding carboxylic acids is 1. The fourth-order valence-corrected chi connectivity index (χ4v) is 5.76. The first-order chi connectivity index (χ1) is 10.1. The van der Waals surface area contributed by atoms with Crippen LogP contribution in [0.15, 0.2) is 21.7 Å². The number of hydrogen-bond donors (Lipinski definition) is 0. The Bertz CT molecular complexity index is 592. The summed E-state index contributed by atoms with van der Waals surface area (Å²) in [5.41, 5.74) is 0. The molecule has 0 aromatic carbocycles. The van der Waals surface area contributed by atoms with E-state index in [9.17, 15) is 13.2 Å². The average Bonchev–Trinajstić information content (AvgIpc) is 3.19. The molecule has 2 aliphatic heterocycles. The van der Waals surface area contributed by atoms with Crippen LogP contribution in [-0.2, 0) is 14.8 Å². The van der Waals surface area contributed by atoms with Crippen molar-refractivity contribution in [1.82, 2.24) is 9.21 Å². The van der Waals surface area contributed by atoms with Crippen molar-refractivity contribution in [2.24, 2.45) is 5.92 Å². The lowest BCUT2D eigenvalue weighted by atomic mass is 9.98. The van der Waals surface area contributed by atoms with Crippen molar-refractivity contribution >= 4 is 27.3 Å². The predicted molar refractivity (Wildman–Crippen MR) is 81.6 cm³/mol. The third-order valence-corrected chi connectivity index (χ3v) is 7.48. The summed E-state index contributed by atoms with van der Waals surface area (Å²) in [4.78, 5) is 14.4. The lowest BCUT2D eigenvalue weighted by molar-refractivity contribution is -0.135. The molecule has 3 heterocycles. The van der Waals surface area contributed by atoms with E-state index in [1.165, 1.54) is 15.6 Å². The summed E-state index contributed by atoms with van der Waals surface area (Å²) in [5, 5.41) is 1.77. The first-order valence-corrected chi connectivity index (χ1v) is 9.73. The number of hydrogen-bond acceptors (Lipinski definition) is 4. The van der Waals surface area contributed by atoms with E-state index >= 15 is 0 Å². The molecule has 0 aliphatic carbocycles. The van der Waals surface area contributed by atoms with Crippen LogP contribution < -0.4 is 0 Å². The zero-order valence-electron chi connectivity index (χ0n) is 11.9. The average molecular weight is 328 g/mol. The van der Waals surface area contributed by atoms with E-state index in [1.54, 1.807) is 17.5 Å². The highest BCUT2D eigenvalue weighted by molar-refractivity contribution is 7.91. The molecule has 1 aromatic rings. The maximum atomic E-state index is 12.5. The lowest BCUT2D eigenvalue weighted by Gasteiger charge is -2.32. The van der Waals surface area contributed by atoms with Gasteiger partial charge in [-0.15, -0.1) is 11.3 Å². The molecule has 5 nitrogen and oxygen atoms in total. The molecular weight excluding hydrogens is 308 g/mol. The molecular formula is C14H20N2O3S2. The Morgan fingerprint density at radius 1 is 1.19 bits per heavy atom. The minimum Gasteiger partial charge on any atom is -0.342 e. The van der Waals surface area contributed by atoms with Gasteiger partial charge in [0.2, 0.25) is 5.91 Å². The first kappa shape index (κ1) is 15.0. The van der Waals surface area contributed by atoms with Crippen molar-refractivity contribution in [3.63, 3.8) is 0 Å². The van der Waals surface area contributed by atoms with Crippen molar-refractivity contribution in [3.05, 3.63) is 17.5 Å². The molecule has 0 spiro atoms. The highest BCUT2D eigenvalue weighted by Gasteiger charge is 2.35. The van der Waals surface area contributed by atoms with Crippen LogP contribution in [0.5, 0.6) is 0 Å². The number of sulfonamides is 1. The molecule has 1 aromatic heterocycles. The molecule has 3 rings (SSSR count). The monoisotopic (exact) mass is 328 g/mol. The summed E-state index contributed by atoms with van der Waals surface area (Å²) < 4.78 is 27.0. The van der Waals surface area contributed by atoms with Gasteiger partial charge in [-0.3, -0.25) is 4.79 Å². The summed E-state index contributed by atoms with van der Waals surface area (Å²) in [5.74, 6) is -0.0369. The number of piperidine rings is 1. The molecule has 0 radical (unpaired) electrons. The number of amides is 1. The SMILES string of the molecule is O=C(C1CCCN(S(=O)(=O)c2cccs2)C1)N1CCCC1. The second kappa shape index (κ2) is 6.06. The van der Waals surface area contributed by atoms with Crippen LogP contribution in [0.25, 0.3) is 0 Å². The number of nitrogens with zero attached hydrogens (tertiary/aromatic N) is 2. The van der Waals surface area contributed by atoms with Gasteiger partial charge in [-0.25, -0.2) is 8.42 Å². The van der Waals surface area contributed by atoms with Gasteiger partial charge in [0.1, 0.15) is 4.21 Å². The first-order valence-electron chi connectivity index (χ1n) is 7.41. The van der Waals surface area contributed by atoms with E-state index in [0.29, 0.717) is 17.3 Å². The van der Waals surface area contributed by atoms with Gasteiger partial charge in [0.05, 0.1) is 5.92 Å². The number of rotatable bonds is 3. The molecule has 21 heavy (non-hydrogen) atoms. The molecule has 0 bridgehead atoms. The van der Waals surface area contributed by atoms with Crippen molar-refractivity contribution < 1.29 is 13.2 Å². The van der Waals surface area contributed by atoms with E-state index in [0.717, 1.165) is 38.8 Å². The van der Waals surface area contributed by atoms with Crippen LogP contribution in [-0.4, -0.2) is 49.7 Å². The maximum Gasteiger partial charge on any atom is 0.252 e. The van der Waals surface area contributed by atoms with Gasteiger partial charge in [0, 0.05) is 26.2 Å². The van der Waals surface area contributed by atoms with Crippen LogP contribution in [0.3, 0.4) is 0 Å². The minimum atomic E-state index is -3.43. The van der Waals surface area contributed by atoms with Crippen molar-refractivity contribution in [2.45, 2.75) is 29.9 Å². The van der Waals surface area contributed by atoms with Gasteiger partial charge in [0.15, 0.2) is 0 Å². The Kier molecular flexibility index (Phi) is 4.33. The lowest BCUT2D eigenvalue weighted by Crippen LogP contribution is -2.45. The summed E-state index contributed by atoms with van der Waals surface area (Å²) >= 11 is 1.23. The van der Waals surface area contributed by atoms with Gasteiger partial charge in [-0.2, -0.15) is 4.31 Å². The Morgan fingerprint density at radius 2 is 1.95 bits per heavy atom. The molecule has 2 saturated heterocycles. The highest BCUT2D eigenvalue weighted by atomic mass is 32.2. The summed E-state index contributed by atoms with van der Waals surface area (Å²) in [6, 6.07) is 3.38. The third kappa shape index (κ3) is 3.00. The molecule has 0 saturated carbocycles. The predicted octanol–water partition coefficient (Wildman–Crippen LogP) is 1.77. The number of thiophene rings is 1. The highest BCUT2D eigenvalue weighted by Crippen LogP contribution is 2.27. The van der Waals surface area contributed by atoms with E-state index < -0.39 is 10.0 Å². The van der Waals surface area contributed by atoms with Crippen LogP contribution >= 0.6 is 11.3 Å². The van der Waals surface area contributed by atoms with Crippen molar-refractivity contribution in [1.29, 1.82) is 0 Å². The van der Waals surface area contributed by atoms with Crippen molar-refractivity contribution in [2.75, 3.05) is 26.2 Å². The van der Waals surface area contributed by atoms with Crippen LogP contribution in [0.4, 0.5) is 0 Å². The standard InChI is InChI=1S/C14H20N2O3S2/c17-14(15-7-1-2-8-15)12-5-3-9-16(11-12)21(18,19)13-6-4-10-20-13/h4,6,10,12H,1-3,5,7-9,11H2. The molecule has 2 fully saturated rings. The number of carbonyl (C=O) groups is 1. The van der Waals surface area contributed by atoms with Crippen LogP contribution in [0, 0.1) is 5.92 Å². The quantitative estimate of drug-likeness (QED) is 0.850. The molecule has 116 valence electrons. The third-order valence-electron chi connectivity index (χ3n) is 4.24. The zero-order valence-corrected chi connectivity index (χ0v) is 13.5. The van der Waals surface area contributed by atoms with E-state index in [1.807, 2.05) is 4.90 Å². The topological polar surface area (TPSA) is 57.7 Å². The van der Waals surface area contributed by atoms with E-state index in [4.69, 9.17) is 0 Å². The van der Waals surface area contributed by atoms with E-state index in [2.05, 4.69) is 0 Å². The Hall–Kier alpha value is -0.920. The minimum absolute atomic E-state index is 0.138. The fraction of sp³-hybridized carbons (Fsp3) is 0.643. The largest absolute Gasteiger partial charge is 0.342 e. The van der Waals surface area contributed by atoms with Crippen LogP contribution in [0.2, 0.25) is 0 Å². The summed E-state index contributed by atoms with van der Waals surface area (Å²) in [6.07, 6.45) is 3.69. The van der Waals surface area contributed by atoms with Gasteiger partial charge < -0.3 is 4.90 Å². The fourth-order valence-electron chi connectivity index (χ4n) is 3.10. The summed E-state index contributed by atoms with van der Waals surface area (Å²) in [6.45, 7) is 2.50. The van der Waals surface area contributed by atoms with Gasteiger partial charge in [-0.1, -0.05) is 6.07 Å². The van der Waals surface area contributed by atoms with Crippen molar-refractivity contribution in [3.8, 4) is 0 Å². The van der Waals surface area contributed by atoms with Crippen LogP contribution in [0.1, 0.15) is 25.7 Å². The summed E-state index contributed by atoms with van der Waals surface area (Å²) in [7, 11) is -3.43. The van der Waals surface area contributed by atoms with Gasteiger partial charge in [-0.05, 0) is 37.1 Å². The van der Waals surface area contributed by atoms with Gasteiger partial charge in [0.25, 0.3) is 10.0 Å². The number of likely N-dealkylation sites (tertiary alicyclic amines) is 1. The molecule has 1 atom stereocenters. The molecule has 7 heteroatoms. The molecule has 1 amide bonds. The maximum absolute atomic E-state index is 12.5. The van der Waals surface area contributed by atoms with E-state index in [-0.39, 0.29) is 11.8 Å². The Morgan fingerprint density at radius 3 is 2.62 bits per heavy atom. The molecule has 0 N–H and O–H groups in total. The zero-order chi connectivity index (χ0) is 14.9. The Balaban J connectivity index is 1.72. The smallest absolute Gasteiger partial charge is 0.252 e. The second-order valence-electron chi connectivity index (χ2n) is 5.67.